The zero-order chi connectivity index (χ0) is 17.3. The van der Waals surface area contributed by atoms with Crippen molar-refractivity contribution in [2.24, 2.45) is 5.73 Å². The van der Waals surface area contributed by atoms with E-state index in [-0.39, 0.29) is 11.5 Å². The molecule has 1 amide bonds. The van der Waals surface area contributed by atoms with Crippen molar-refractivity contribution in [3.05, 3.63) is 58.9 Å². The molecule has 0 bridgehead atoms. The summed E-state index contributed by atoms with van der Waals surface area (Å²) in [7, 11) is 0. The van der Waals surface area contributed by atoms with Crippen LogP contribution in [0.3, 0.4) is 0 Å². The lowest BCUT2D eigenvalue weighted by molar-refractivity contribution is 0.0996. The van der Waals surface area contributed by atoms with Crippen molar-refractivity contribution in [1.82, 2.24) is 5.32 Å². The van der Waals surface area contributed by atoms with E-state index in [1.165, 1.54) is 12.1 Å². The van der Waals surface area contributed by atoms with Gasteiger partial charge in [0.1, 0.15) is 5.82 Å². The molecule has 0 spiro atoms. The minimum absolute atomic E-state index is 0.166. The average molecular weight is 334 g/mol. The molecule has 0 aliphatic carbocycles. The second-order valence-corrected chi connectivity index (χ2v) is 5.92. The summed E-state index contributed by atoms with van der Waals surface area (Å²) in [6.07, 6.45) is 1.60. The summed E-state index contributed by atoms with van der Waals surface area (Å²) in [6, 6.07) is 6.27. The molecule has 0 saturated carbocycles. The predicted octanol–water partition coefficient (Wildman–Crippen LogP) is 3.34. The van der Waals surface area contributed by atoms with E-state index >= 15 is 0 Å². The summed E-state index contributed by atoms with van der Waals surface area (Å²) in [5, 5.41) is 3.19. The van der Waals surface area contributed by atoms with Gasteiger partial charge in [-0.05, 0) is 54.6 Å². The quantitative estimate of drug-likeness (QED) is 0.904. The van der Waals surface area contributed by atoms with Crippen LogP contribution in [0, 0.1) is 17.5 Å². The number of benzene rings is 2. The Bertz CT molecular complexity index is 786. The van der Waals surface area contributed by atoms with Crippen molar-refractivity contribution >= 4 is 5.91 Å². The third-order valence-electron chi connectivity index (χ3n) is 4.38. The molecular weight excluding hydrogens is 317 g/mol. The van der Waals surface area contributed by atoms with Crippen molar-refractivity contribution < 1.29 is 18.0 Å². The Morgan fingerprint density at radius 3 is 2.54 bits per heavy atom. The van der Waals surface area contributed by atoms with Crippen LogP contribution in [0.2, 0.25) is 0 Å². The number of carbonyl (C=O) groups excluding carboxylic acids is 1. The van der Waals surface area contributed by atoms with Gasteiger partial charge in [-0.15, -0.1) is 0 Å². The van der Waals surface area contributed by atoms with E-state index in [1.54, 1.807) is 6.07 Å². The molecule has 1 heterocycles. The van der Waals surface area contributed by atoms with Gasteiger partial charge in [0.25, 0.3) is 5.91 Å². The van der Waals surface area contributed by atoms with Gasteiger partial charge in [-0.1, -0.05) is 12.1 Å². The van der Waals surface area contributed by atoms with Crippen LogP contribution in [-0.4, -0.2) is 19.0 Å². The monoisotopic (exact) mass is 334 g/mol. The molecule has 1 aliphatic heterocycles. The highest BCUT2D eigenvalue weighted by Crippen LogP contribution is 2.36. The molecule has 1 aliphatic rings. The van der Waals surface area contributed by atoms with Gasteiger partial charge in [-0.3, -0.25) is 4.79 Å². The SMILES string of the molecule is NC(=O)c1ccc(-c2ccc(F)c(F)c2)c(C2CCCNC2)c1F. The van der Waals surface area contributed by atoms with Gasteiger partial charge in [0.05, 0.1) is 5.56 Å². The van der Waals surface area contributed by atoms with Crippen LogP contribution in [-0.2, 0) is 0 Å². The Morgan fingerprint density at radius 2 is 1.92 bits per heavy atom. The average Bonchev–Trinajstić information content (AvgIpc) is 2.57. The maximum atomic E-state index is 14.9. The fourth-order valence-electron chi connectivity index (χ4n) is 3.20. The van der Waals surface area contributed by atoms with Crippen LogP contribution in [0.25, 0.3) is 11.1 Å². The van der Waals surface area contributed by atoms with Gasteiger partial charge in [0.15, 0.2) is 11.6 Å². The maximum absolute atomic E-state index is 14.9. The second kappa shape index (κ2) is 6.65. The van der Waals surface area contributed by atoms with Crippen LogP contribution in [0.15, 0.2) is 30.3 Å². The van der Waals surface area contributed by atoms with E-state index in [4.69, 9.17) is 5.73 Å². The number of nitrogens with two attached hydrogens (primary N) is 1. The Morgan fingerprint density at radius 1 is 1.12 bits per heavy atom. The van der Waals surface area contributed by atoms with Crippen LogP contribution in [0.4, 0.5) is 13.2 Å². The largest absolute Gasteiger partial charge is 0.366 e. The zero-order valence-corrected chi connectivity index (χ0v) is 12.9. The number of rotatable bonds is 3. The third-order valence-corrected chi connectivity index (χ3v) is 4.38. The van der Waals surface area contributed by atoms with Gasteiger partial charge in [-0.2, -0.15) is 0 Å². The highest BCUT2D eigenvalue weighted by molar-refractivity contribution is 5.94. The van der Waals surface area contributed by atoms with Crippen molar-refractivity contribution in [3.8, 4) is 11.1 Å². The number of halogens is 3. The molecular formula is C18H17F3N2O. The zero-order valence-electron chi connectivity index (χ0n) is 12.9. The Balaban J connectivity index is 2.18. The molecule has 2 aromatic carbocycles. The van der Waals surface area contributed by atoms with Crippen LogP contribution in [0.5, 0.6) is 0 Å². The van der Waals surface area contributed by atoms with Crippen LogP contribution < -0.4 is 11.1 Å². The van der Waals surface area contributed by atoms with Gasteiger partial charge in [0.2, 0.25) is 0 Å². The van der Waals surface area contributed by atoms with E-state index in [9.17, 15) is 18.0 Å². The molecule has 1 fully saturated rings. The van der Waals surface area contributed by atoms with E-state index in [2.05, 4.69) is 5.32 Å². The maximum Gasteiger partial charge on any atom is 0.251 e. The molecule has 0 aromatic heterocycles. The predicted molar refractivity (Wildman–Crippen MR) is 85.1 cm³/mol. The van der Waals surface area contributed by atoms with Gasteiger partial charge in [-0.25, -0.2) is 13.2 Å². The summed E-state index contributed by atoms with van der Waals surface area (Å²) in [5.74, 6) is -3.66. The standard InChI is InChI=1S/C18H17F3N2O/c19-14-6-3-10(8-15(14)20)12-4-5-13(18(22)24)17(21)16(12)11-2-1-7-23-9-11/h3-6,8,11,23H,1-2,7,9H2,(H2,22,24). The van der Waals surface area contributed by atoms with E-state index < -0.39 is 23.4 Å². The fourth-order valence-corrected chi connectivity index (χ4v) is 3.20. The molecule has 2 aromatic rings. The first-order chi connectivity index (χ1) is 11.5. The first-order valence-electron chi connectivity index (χ1n) is 7.77. The van der Waals surface area contributed by atoms with Gasteiger partial charge in [0, 0.05) is 12.1 Å². The summed E-state index contributed by atoms with van der Waals surface area (Å²) >= 11 is 0. The molecule has 0 radical (unpaired) electrons. The highest BCUT2D eigenvalue weighted by Gasteiger charge is 2.26. The Labute approximate surface area is 137 Å². The number of nitrogens with one attached hydrogen (secondary N) is 1. The molecule has 1 unspecified atom stereocenters. The summed E-state index contributed by atoms with van der Waals surface area (Å²) in [5.41, 5.74) is 6.19. The van der Waals surface area contributed by atoms with Crippen LogP contribution >= 0.6 is 0 Å². The van der Waals surface area contributed by atoms with E-state index in [0.29, 0.717) is 23.2 Å². The van der Waals surface area contributed by atoms with Crippen molar-refractivity contribution in [3.63, 3.8) is 0 Å². The number of amides is 1. The first-order valence-corrected chi connectivity index (χ1v) is 7.77. The fraction of sp³-hybridized carbons (Fsp3) is 0.278. The summed E-state index contributed by atoms with van der Waals surface area (Å²) in [6.45, 7) is 1.39. The van der Waals surface area contributed by atoms with E-state index in [1.807, 2.05) is 0 Å². The van der Waals surface area contributed by atoms with Gasteiger partial charge < -0.3 is 11.1 Å². The highest BCUT2D eigenvalue weighted by atomic mass is 19.2. The minimum Gasteiger partial charge on any atom is -0.366 e. The Hall–Kier alpha value is -2.34. The minimum atomic E-state index is -1.00. The number of hydrogen-bond acceptors (Lipinski definition) is 2. The molecule has 3 nitrogen and oxygen atoms in total. The lowest BCUT2D eigenvalue weighted by atomic mass is 9.84. The molecule has 126 valence electrons. The molecule has 24 heavy (non-hydrogen) atoms. The summed E-state index contributed by atoms with van der Waals surface area (Å²) in [4.78, 5) is 11.5. The molecule has 1 saturated heterocycles. The lowest BCUT2D eigenvalue weighted by Crippen LogP contribution is -2.29. The topological polar surface area (TPSA) is 55.1 Å². The number of piperidine rings is 1. The first kappa shape index (κ1) is 16.5. The normalized spacial score (nSPS) is 17.7. The Kier molecular flexibility index (Phi) is 4.57. The van der Waals surface area contributed by atoms with Crippen molar-refractivity contribution in [2.45, 2.75) is 18.8 Å². The third kappa shape index (κ3) is 3.01. The summed E-state index contributed by atoms with van der Waals surface area (Å²) < 4.78 is 41.7. The molecule has 3 rings (SSSR count). The van der Waals surface area contributed by atoms with E-state index in [0.717, 1.165) is 31.5 Å². The second-order valence-electron chi connectivity index (χ2n) is 5.92. The van der Waals surface area contributed by atoms with Crippen molar-refractivity contribution in [2.75, 3.05) is 13.1 Å². The van der Waals surface area contributed by atoms with Gasteiger partial charge >= 0.3 is 0 Å². The molecule has 6 heteroatoms. The number of hydrogen-bond donors (Lipinski definition) is 2. The molecule has 3 N–H and O–H groups in total. The van der Waals surface area contributed by atoms with Crippen molar-refractivity contribution in [1.29, 1.82) is 0 Å². The number of carbonyl (C=O) groups is 1. The molecule has 1 atom stereocenters. The van der Waals surface area contributed by atoms with Crippen LogP contribution in [0.1, 0.15) is 34.7 Å². The number of primary amides is 1. The smallest absolute Gasteiger partial charge is 0.251 e. The lowest BCUT2D eigenvalue weighted by Gasteiger charge is -2.26.